The Morgan fingerprint density at radius 1 is 1.00 bits per heavy atom. The van der Waals surface area contributed by atoms with Crippen molar-refractivity contribution in [2.45, 2.75) is 0 Å². The normalized spacial score (nSPS) is 11.7. The fraction of sp³-hybridized carbons (Fsp3) is 0. The van der Waals surface area contributed by atoms with Crippen LogP contribution in [-0.2, 0) is 0 Å². The quantitative estimate of drug-likeness (QED) is 0.407. The molecule has 0 atom stereocenters. The van der Waals surface area contributed by atoms with Crippen LogP contribution in [0.4, 0.5) is 0 Å². The van der Waals surface area contributed by atoms with Gasteiger partial charge in [0.05, 0.1) is 0 Å². The summed E-state index contributed by atoms with van der Waals surface area (Å²) >= 11 is 1.70. The summed E-state index contributed by atoms with van der Waals surface area (Å²) in [6, 6.07) is 18.0. The number of nitrogens with two attached hydrogens (primary N) is 1. The second-order valence-electron chi connectivity index (χ2n) is 5.33. The summed E-state index contributed by atoms with van der Waals surface area (Å²) in [4.78, 5) is 1.14. The number of hydrogen-bond donors (Lipinski definition) is 2. The lowest BCUT2D eigenvalue weighted by molar-refractivity contribution is 0.604. The van der Waals surface area contributed by atoms with E-state index in [1.807, 2.05) is 54.6 Å². The number of nitrogen functional groups attached to an aromatic ring is 1. The molecule has 0 aliphatic rings. The number of thiophene rings is 1. The standard InChI is InChI=1S/C19H14N2OS/c20-19(21)13-5-8-18-14(9-13)11-16(23-18)7-6-15-10-12-3-1-2-4-17(12)22-15/h1-11H,(H3,20,21)/b7-6+. The predicted molar refractivity (Wildman–Crippen MR) is 98.0 cm³/mol. The molecule has 2 aromatic heterocycles. The minimum atomic E-state index is 0.0949. The van der Waals surface area contributed by atoms with Crippen LogP contribution in [0, 0.1) is 5.41 Å². The molecule has 0 amide bonds. The summed E-state index contributed by atoms with van der Waals surface area (Å²) < 4.78 is 6.97. The van der Waals surface area contributed by atoms with Crippen LogP contribution in [0.1, 0.15) is 16.2 Å². The van der Waals surface area contributed by atoms with E-state index in [0.29, 0.717) is 0 Å². The molecule has 0 fully saturated rings. The number of fused-ring (bicyclic) bond motifs is 2. The lowest BCUT2D eigenvalue weighted by Crippen LogP contribution is -2.10. The monoisotopic (exact) mass is 318 g/mol. The fourth-order valence-corrected chi connectivity index (χ4v) is 3.51. The Morgan fingerprint density at radius 2 is 1.87 bits per heavy atom. The molecular formula is C19H14N2OS. The second kappa shape index (κ2) is 5.41. The van der Waals surface area contributed by atoms with Crippen molar-refractivity contribution in [2.75, 3.05) is 0 Å². The Bertz CT molecular complexity index is 1020. The van der Waals surface area contributed by atoms with Crippen molar-refractivity contribution >= 4 is 50.4 Å². The summed E-state index contributed by atoms with van der Waals surface area (Å²) in [6.07, 6.45) is 4.03. The van der Waals surface area contributed by atoms with E-state index in [1.165, 1.54) is 4.70 Å². The van der Waals surface area contributed by atoms with E-state index >= 15 is 0 Å². The molecule has 4 aromatic rings. The zero-order valence-corrected chi connectivity index (χ0v) is 13.1. The third-order valence-electron chi connectivity index (χ3n) is 3.70. The van der Waals surface area contributed by atoms with Crippen molar-refractivity contribution in [1.82, 2.24) is 0 Å². The molecule has 112 valence electrons. The zero-order chi connectivity index (χ0) is 15.8. The van der Waals surface area contributed by atoms with Crippen molar-refractivity contribution < 1.29 is 4.42 Å². The molecule has 4 rings (SSSR count). The molecule has 0 aliphatic heterocycles. The third-order valence-corrected chi connectivity index (χ3v) is 4.78. The van der Waals surface area contributed by atoms with Gasteiger partial charge in [-0.15, -0.1) is 11.3 Å². The van der Waals surface area contributed by atoms with E-state index in [-0.39, 0.29) is 5.84 Å². The summed E-state index contributed by atoms with van der Waals surface area (Å²) in [7, 11) is 0. The maximum absolute atomic E-state index is 7.52. The van der Waals surface area contributed by atoms with Gasteiger partial charge in [0.25, 0.3) is 0 Å². The van der Waals surface area contributed by atoms with E-state index < -0.39 is 0 Å². The van der Waals surface area contributed by atoms with Crippen molar-refractivity contribution in [3.63, 3.8) is 0 Å². The Balaban J connectivity index is 1.67. The third kappa shape index (κ3) is 2.64. The summed E-state index contributed by atoms with van der Waals surface area (Å²) in [5.41, 5.74) is 7.19. The van der Waals surface area contributed by atoms with Gasteiger partial charge in [-0.05, 0) is 53.9 Å². The first-order valence-electron chi connectivity index (χ1n) is 7.24. The lowest BCUT2D eigenvalue weighted by Gasteiger charge is -1.96. The van der Waals surface area contributed by atoms with Gasteiger partial charge in [0, 0.05) is 20.5 Å². The first kappa shape index (κ1) is 13.8. The number of amidine groups is 1. The lowest BCUT2D eigenvalue weighted by atomic mass is 10.1. The predicted octanol–water partition coefficient (Wildman–Crippen LogP) is 5.10. The Kier molecular flexibility index (Phi) is 3.24. The van der Waals surface area contributed by atoms with Gasteiger partial charge in [0.2, 0.25) is 0 Å². The molecule has 2 aromatic carbocycles. The molecule has 0 bridgehead atoms. The number of furan rings is 1. The Hall–Kier alpha value is -2.85. The van der Waals surface area contributed by atoms with Gasteiger partial charge < -0.3 is 10.2 Å². The summed E-state index contributed by atoms with van der Waals surface area (Å²) in [6.45, 7) is 0. The van der Waals surface area contributed by atoms with Crippen LogP contribution in [0.3, 0.4) is 0 Å². The van der Waals surface area contributed by atoms with E-state index in [0.717, 1.165) is 32.6 Å². The Labute approximate surface area is 137 Å². The molecule has 0 radical (unpaired) electrons. The highest BCUT2D eigenvalue weighted by atomic mass is 32.1. The van der Waals surface area contributed by atoms with Crippen molar-refractivity contribution in [3.8, 4) is 0 Å². The molecular weight excluding hydrogens is 304 g/mol. The average molecular weight is 318 g/mol. The summed E-state index contributed by atoms with van der Waals surface area (Å²) in [5.74, 6) is 0.936. The molecule has 3 N–H and O–H groups in total. The molecule has 0 spiro atoms. The molecule has 0 aliphatic carbocycles. The minimum absolute atomic E-state index is 0.0949. The van der Waals surface area contributed by atoms with Crippen molar-refractivity contribution in [3.05, 3.63) is 70.8 Å². The second-order valence-corrected chi connectivity index (χ2v) is 6.45. The zero-order valence-electron chi connectivity index (χ0n) is 12.2. The van der Waals surface area contributed by atoms with Gasteiger partial charge in [-0.25, -0.2) is 0 Å². The molecule has 23 heavy (non-hydrogen) atoms. The van der Waals surface area contributed by atoms with Gasteiger partial charge >= 0.3 is 0 Å². The topological polar surface area (TPSA) is 63.0 Å². The van der Waals surface area contributed by atoms with Crippen LogP contribution >= 0.6 is 11.3 Å². The van der Waals surface area contributed by atoms with Gasteiger partial charge in [0.15, 0.2) is 0 Å². The van der Waals surface area contributed by atoms with Crippen LogP contribution in [0.5, 0.6) is 0 Å². The van der Waals surface area contributed by atoms with Crippen LogP contribution in [0.25, 0.3) is 33.2 Å². The molecule has 0 saturated heterocycles. The fourth-order valence-electron chi connectivity index (χ4n) is 2.56. The van der Waals surface area contributed by atoms with Crippen LogP contribution in [-0.4, -0.2) is 5.84 Å². The van der Waals surface area contributed by atoms with E-state index in [1.54, 1.807) is 11.3 Å². The van der Waals surface area contributed by atoms with Gasteiger partial charge in [-0.1, -0.05) is 18.2 Å². The molecule has 2 heterocycles. The van der Waals surface area contributed by atoms with Crippen molar-refractivity contribution in [2.24, 2.45) is 5.73 Å². The number of para-hydroxylation sites is 1. The molecule has 0 saturated carbocycles. The van der Waals surface area contributed by atoms with Gasteiger partial charge in [0.1, 0.15) is 17.2 Å². The largest absolute Gasteiger partial charge is 0.457 e. The molecule has 3 nitrogen and oxygen atoms in total. The first-order chi connectivity index (χ1) is 11.2. The highest BCUT2D eigenvalue weighted by Crippen LogP contribution is 2.28. The maximum Gasteiger partial charge on any atom is 0.134 e. The SMILES string of the molecule is N=C(N)c1ccc2sc(/C=C/c3cc4ccccc4o3)cc2c1. The highest BCUT2D eigenvalue weighted by Gasteiger charge is 2.04. The maximum atomic E-state index is 7.52. The van der Waals surface area contributed by atoms with Crippen LogP contribution in [0.2, 0.25) is 0 Å². The summed E-state index contributed by atoms with van der Waals surface area (Å²) in [5, 5.41) is 9.73. The number of nitrogens with one attached hydrogen (secondary N) is 1. The number of hydrogen-bond acceptors (Lipinski definition) is 3. The number of rotatable bonds is 3. The van der Waals surface area contributed by atoms with E-state index in [4.69, 9.17) is 15.6 Å². The molecule has 0 unspecified atom stereocenters. The van der Waals surface area contributed by atoms with Gasteiger partial charge in [-0.2, -0.15) is 0 Å². The highest BCUT2D eigenvalue weighted by molar-refractivity contribution is 7.19. The van der Waals surface area contributed by atoms with E-state index in [9.17, 15) is 0 Å². The minimum Gasteiger partial charge on any atom is -0.457 e. The van der Waals surface area contributed by atoms with Crippen LogP contribution < -0.4 is 5.73 Å². The smallest absolute Gasteiger partial charge is 0.134 e. The first-order valence-corrected chi connectivity index (χ1v) is 8.05. The Morgan fingerprint density at radius 3 is 2.70 bits per heavy atom. The van der Waals surface area contributed by atoms with Gasteiger partial charge in [-0.3, -0.25) is 5.41 Å². The van der Waals surface area contributed by atoms with Crippen molar-refractivity contribution in [1.29, 1.82) is 5.41 Å². The average Bonchev–Trinajstić information content (AvgIpc) is 3.14. The van der Waals surface area contributed by atoms with E-state index in [2.05, 4.69) is 12.1 Å². The van der Waals surface area contributed by atoms with Crippen LogP contribution in [0.15, 0.2) is 59.0 Å². The number of benzene rings is 2. The molecule has 4 heteroatoms.